The summed E-state index contributed by atoms with van der Waals surface area (Å²) in [6.07, 6.45) is -4.54. The molecule has 0 saturated carbocycles. The minimum Gasteiger partial charge on any atom is -0.479 e. The van der Waals surface area contributed by atoms with E-state index in [2.05, 4.69) is 0 Å². The molecule has 1 fully saturated rings. The van der Waals surface area contributed by atoms with Gasteiger partial charge in [-0.3, -0.25) is 4.79 Å². The van der Waals surface area contributed by atoms with E-state index < -0.39 is 35.8 Å². The van der Waals surface area contributed by atoms with Crippen molar-refractivity contribution >= 4 is 11.9 Å². The molecule has 1 heterocycles. The molecule has 0 aromatic heterocycles. The Morgan fingerprint density at radius 3 is 2.64 bits per heavy atom. The van der Waals surface area contributed by atoms with Crippen LogP contribution in [0.25, 0.3) is 0 Å². The van der Waals surface area contributed by atoms with Crippen molar-refractivity contribution < 1.29 is 32.6 Å². The van der Waals surface area contributed by atoms with Gasteiger partial charge in [0.1, 0.15) is 6.61 Å². The molecule has 1 unspecified atom stereocenters. The summed E-state index contributed by atoms with van der Waals surface area (Å²) in [4.78, 5) is 24.0. The first-order chi connectivity index (χ1) is 10.1. The topological polar surface area (TPSA) is 66.8 Å². The lowest BCUT2D eigenvalue weighted by Gasteiger charge is -2.37. The predicted molar refractivity (Wildman–Crippen MR) is 68.9 cm³/mol. The third-order valence-electron chi connectivity index (χ3n) is 3.50. The normalized spacial score (nSPS) is 22.7. The van der Waals surface area contributed by atoms with Crippen molar-refractivity contribution in [1.29, 1.82) is 0 Å². The minimum atomic E-state index is -4.54. The molecule has 1 aliphatic rings. The van der Waals surface area contributed by atoms with Gasteiger partial charge in [-0.1, -0.05) is 18.2 Å². The second-order valence-corrected chi connectivity index (χ2v) is 5.23. The molecule has 0 radical (unpaired) electrons. The van der Waals surface area contributed by atoms with E-state index in [1.54, 1.807) is 0 Å². The van der Waals surface area contributed by atoms with Crippen LogP contribution in [0.2, 0.25) is 0 Å². The molecule has 0 bridgehead atoms. The van der Waals surface area contributed by atoms with Crippen molar-refractivity contribution in [2.45, 2.75) is 25.2 Å². The maximum absolute atomic E-state index is 13.0. The molecule has 1 aromatic carbocycles. The number of nitrogens with zero attached hydrogens (tertiary/aromatic N) is 1. The number of benzene rings is 1. The highest BCUT2D eigenvalue weighted by Crippen LogP contribution is 2.33. The van der Waals surface area contributed by atoms with Crippen molar-refractivity contribution in [2.24, 2.45) is 0 Å². The molecule has 1 atom stereocenters. The highest BCUT2D eigenvalue weighted by Gasteiger charge is 2.43. The maximum atomic E-state index is 13.0. The molecular weight excluding hydrogens is 303 g/mol. The van der Waals surface area contributed by atoms with Gasteiger partial charge in [0.15, 0.2) is 5.60 Å². The van der Waals surface area contributed by atoms with Crippen molar-refractivity contribution in [3.8, 4) is 0 Å². The quantitative estimate of drug-likeness (QED) is 0.925. The van der Waals surface area contributed by atoms with E-state index in [-0.39, 0.29) is 18.7 Å². The number of carboxylic acids is 1. The smallest absolute Gasteiger partial charge is 0.416 e. The lowest BCUT2D eigenvalue weighted by atomic mass is 10.0. The Morgan fingerprint density at radius 1 is 1.41 bits per heavy atom. The van der Waals surface area contributed by atoms with Gasteiger partial charge in [-0.2, -0.15) is 13.2 Å². The summed E-state index contributed by atoms with van der Waals surface area (Å²) in [5, 5.41) is 9.11. The number of rotatable bonds is 3. The lowest BCUT2D eigenvalue weighted by molar-refractivity contribution is -0.182. The molecule has 0 aliphatic carbocycles. The highest BCUT2D eigenvalue weighted by molar-refractivity contribution is 5.83. The van der Waals surface area contributed by atoms with Crippen molar-refractivity contribution in [1.82, 2.24) is 4.90 Å². The summed E-state index contributed by atoms with van der Waals surface area (Å²) >= 11 is 0. The Morgan fingerprint density at radius 2 is 2.05 bits per heavy atom. The number of carbonyl (C=O) groups is 2. The number of amides is 1. The Labute approximate surface area is 124 Å². The molecule has 1 amide bonds. The summed E-state index contributed by atoms with van der Waals surface area (Å²) in [7, 11) is 0. The Kier molecular flexibility index (Phi) is 4.15. The van der Waals surface area contributed by atoms with Gasteiger partial charge in [-0.05, 0) is 18.6 Å². The summed E-state index contributed by atoms with van der Waals surface area (Å²) in [6.45, 7) is 0.176. The first kappa shape index (κ1) is 16.3. The summed E-state index contributed by atoms with van der Waals surface area (Å²) < 4.78 is 43.9. The van der Waals surface area contributed by atoms with Crippen LogP contribution in [0.3, 0.4) is 0 Å². The number of halogens is 3. The van der Waals surface area contributed by atoms with E-state index in [1.165, 1.54) is 25.1 Å². The number of ether oxygens (including phenoxy) is 1. The van der Waals surface area contributed by atoms with Crippen molar-refractivity contribution in [2.75, 3.05) is 13.2 Å². The molecule has 1 aliphatic heterocycles. The van der Waals surface area contributed by atoms with E-state index in [9.17, 15) is 22.8 Å². The van der Waals surface area contributed by atoms with Gasteiger partial charge in [0.05, 0.1) is 12.1 Å². The zero-order valence-electron chi connectivity index (χ0n) is 11.7. The predicted octanol–water partition coefficient (Wildman–Crippen LogP) is 1.91. The second kappa shape index (κ2) is 5.60. The number of carboxylic acid groups (broad SMARTS) is 1. The van der Waals surface area contributed by atoms with Crippen molar-refractivity contribution in [3.63, 3.8) is 0 Å². The van der Waals surface area contributed by atoms with Crippen LogP contribution in [0.4, 0.5) is 13.2 Å². The minimum absolute atomic E-state index is 0.0852. The third kappa shape index (κ3) is 3.22. The van der Waals surface area contributed by atoms with Crippen molar-refractivity contribution in [3.05, 3.63) is 35.4 Å². The molecule has 5 nitrogen and oxygen atoms in total. The zero-order valence-corrected chi connectivity index (χ0v) is 11.7. The largest absolute Gasteiger partial charge is 0.479 e. The van der Waals surface area contributed by atoms with Gasteiger partial charge >= 0.3 is 12.1 Å². The number of aliphatic carboxylic acids is 1. The van der Waals surface area contributed by atoms with Gasteiger partial charge in [0.2, 0.25) is 5.91 Å². The van der Waals surface area contributed by atoms with Gasteiger partial charge in [-0.25, -0.2) is 4.79 Å². The van der Waals surface area contributed by atoms with E-state index in [0.717, 1.165) is 11.0 Å². The van der Waals surface area contributed by atoms with Crippen LogP contribution >= 0.6 is 0 Å². The van der Waals surface area contributed by atoms with E-state index >= 15 is 0 Å². The molecule has 120 valence electrons. The third-order valence-corrected chi connectivity index (χ3v) is 3.50. The van der Waals surface area contributed by atoms with Crippen LogP contribution in [0, 0.1) is 0 Å². The lowest BCUT2D eigenvalue weighted by Crippen LogP contribution is -2.56. The maximum Gasteiger partial charge on any atom is 0.416 e. The number of morpholine rings is 1. The highest BCUT2D eigenvalue weighted by atomic mass is 19.4. The Balaban J connectivity index is 2.26. The number of alkyl halides is 3. The van der Waals surface area contributed by atoms with E-state index in [0.29, 0.717) is 0 Å². The Bertz CT molecular complexity index is 602. The van der Waals surface area contributed by atoms with Crippen LogP contribution in [0.15, 0.2) is 24.3 Å². The molecule has 8 heteroatoms. The molecule has 1 saturated heterocycles. The Hall–Kier alpha value is -2.09. The average molecular weight is 317 g/mol. The first-order valence-corrected chi connectivity index (χ1v) is 6.44. The summed E-state index contributed by atoms with van der Waals surface area (Å²) in [5.74, 6) is -1.81. The van der Waals surface area contributed by atoms with Crippen LogP contribution < -0.4 is 0 Å². The van der Waals surface area contributed by atoms with Gasteiger partial charge in [-0.15, -0.1) is 0 Å². The molecule has 0 spiro atoms. The van der Waals surface area contributed by atoms with Crippen LogP contribution in [-0.4, -0.2) is 40.6 Å². The van der Waals surface area contributed by atoms with Gasteiger partial charge in [0.25, 0.3) is 0 Å². The standard InChI is InChI=1S/C14H14F3NO4/c1-13(12(20)21)8-18(11(19)7-22-13)6-9-4-2-3-5-10(9)14(15,16)17/h2-5H,6-8H2,1H3,(H,20,21). The number of carbonyl (C=O) groups excluding carboxylic acids is 1. The zero-order chi connectivity index (χ0) is 16.5. The van der Waals surface area contributed by atoms with Crippen LogP contribution in [-0.2, 0) is 27.0 Å². The summed E-state index contributed by atoms with van der Waals surface area (Å²) in [5.41, 5.74) is -2.55. The molecule has 1 N–H and O–H groups in total. The molecule has 1 aromatic rings. The monoisotopic (exact) mass is 317 g/mol. The SMILES string of the molecule is CC1(C(=O)O)CN(Cc2ccccc2C(F)(F)F)C(=O)CO1. The van der Waals surface area contributed by atoms with Crippen LogP contribution in [0.1, 0.15) is 18.1 Å². The van der Waals surface area contributed by atoms with Crippen LogP contribution in [0.5, 0.6) is 0 Å². The van der Waals surface area contributed by atoms with E-state index in [4.69, 9.17) is 9.84 Å². The summed E-state index contributed by atoms with van der Waals surface area (Å²) in [6, 6.07) is 4.89. The molecule has 2 rings (SSSR count). The fourth-order valence-electron chi connectivity index (χ4n) is 2.22. The van der Waals surface area contributed by atoms with E-state index in [1.807, 2.05) is 0 Å². The van der Waals surface area contributed by atoms with Gasteiger partial charge in [0, 0.05) is 6.54 Å². The first-order valence-electron chi connectivity index (χ1n) is 6.44. The van der Waals surface area contributed by atoms with Gasteiger partial charge < -0.3 is 14.7 Å². The average Bonchev–Trinajstić information content (AvgIpc) is 2.42. The molecular formula is C14H14F3NO4. The molecule has 22 heavy (non-hydrogen) atoms. The number of hydrogen-bond acceptors (Lipinski definition) is 3. The fraction of sp³-hybridized carbons (Fsp3) is 0.429. The number of hydrogen-bond donors (Lipinski definition) is 1. The second-order valence-electron chi connectivity index (χ2n) is 5.23. The fourth-order valence-corrected chi connectivity index (χ4v) is 2.22.